The lowest BCUT2D eigenvalue weighted by Gasteiger charge is -2.00. The van der Waals surface area contributed by atoms with Crippen LogP contribution >= 0.6 is 11.8 Å². The summed E-state index contributed by atoms with van der Waals surface area (Å²) >= 11 is 1.26. The molecule has 0 amide bonds. The Labute approximate surface area is 155 Å². The highest BCUT2D eigenvalue weighted by Gasteiger charge is 2.11. The van der Waals surface area contributed by atoms with Crippen LogP contribution in [0.4, 0.5) is 0 Å². The summed E-state index contributed by atoms with van der Waals surface area (Å²) in [5.74, 6) is 1.47. The highest BCUT2D eigenvalue weighted by molar-refractivity contribution is 7.99. The molecule has 0 aliphatic rings. The van der Waals surface area contributed by atoms with Crippen molar-refractivity contribution < 1.29 is 17.6 Å². The van der Waals surface area contributed by atoms with E-state index in [1.165, 1.54) is 17.2 Å². The molecule has 0 N–H and O–H groups in total. The van der Waals surface area contributed by atoms with Crippen molar-refractivity contribution in [1.82, 2.24) is 10.2 Å². The molecular formula is C18H16N2O4S2. The van der Waals surface area contributed by atoms with Gasteiger partial charge in [-0.05, 0) is 30.3 Å². The molecule has 0 aliphatic heterocycles. The maximum absolute atomic E-state index is 12.1. The van der Waals surface area contributed by atoms with Crippen LogP contribution < -0.4 is 4.74 Å². The third-order valence-electron chi connectivity index (χ3n) is 3.37. The van der Waals surface area contributed by atoms with E-state index < -0.39 is 9.84 Å². The van der Waals surface area contributed by atoms with E-state index in [4.69, 9.17) is 9.15 Å². The molecule has 1 heterocycles. The van der Waals surface area contributed by atoms with Crippen LogP contribution in [0.3, 0.4) is 0 Å². The van der Waals surface area contributed by atoms with Gasteiger partial charge in [-0.25, -0.2) is 8.42 Å². The molecule has 8 heteroatoms. The van der Waals surface area contributed by atoms with Crippen LogP contribution in [0.25, 0.3) is 11.5 Å². The molecule has 0 aliphatic carbocycles. The second kappa shape index (κ2) is 8.20. The topological polar surface area (TPSA) is 82.3 Å². The lowest BCUT2D eigenvalue weighted by atomic mass is 10.2. The lowest BCUT2D eigenvalue weighted by Crippen LogP contribution is -1.95. The van der Waals surface area contributed by atoms with E-state index >= 15 is 0 Å². The maximum Gasteiger partial charge on any atom is 0.277 e. The van der Waals surface area contributed by atoms with E-state index in [0.29, 0.717) is 22.6 Å². The Morgan fingerprint density at radius 3 is 2.69 bits per heavy atom. The average Bonchev–Trinajstić information content (AvgIpc) is 3.15. The molecule has 3 rings (SSSR count). The van der Waals surface area contributed by atoms with Crippen molar-refractivity contribution in [2.45, 2.75) is 10.1 Å². The van der Waals surface area contributed by atoms with Crippen molar-refractivity contribution in [2.75, 3.05) is 12.9 Å². The second-order valence-electron chi connectivity index (χ2n) is 5.15. The first-order chi connectivity index (χ1) is 12.6. The molecule has 3 aromatic rings. The van der Waals surface area contributed by atoms with Crippen molar-refractivity contribution in [1.29, 1.82) is 0 Å². The number of methoxy groups -OCH3 is 1. The Bertz CT molecular complexity index is 999. The molecular weight excluding hydrogens is 372 g/mol. The number of ether oxygens (including phenoxy) is 1. The van der Waals surface area contributed by atoms with E-state index in [1.807, 2.05) is 18.2 Å². The van der Waals surface area contributed by atoms with Crippen LogP contribution in [-0.4, -0.2) is 31.5 Å². The number of rotatable bonds is 7. The number of nitrogens with zero attached hydrogens (tertiary/aromatic N) is 2. The Kier molecular flexibility index (Phi) is 5.75. The van der Waals surface area contributed by atoms with Gasteiger partial charge in [0.2, 0.25) is 5.89 Å². The van der Waals surface area contributed by atoms with Gasteiger partial charge in [0, 0.05) is 16.7 Å². The minimum absolute atomic E-state index is 0.263. The van der Waals surface area contributed by atoms with Gasteiger partial charge in [-0.2, -0.15) is 0 Å². The minimum Gasteiger partial charge on any atom is -0.497 e. The van der Waals surface area contributed by atoms with Gasteiger partial charge in [-0.3, -0.25) is 0 Å². The molecule has 26 heavy (non-hydrogen) atoms. The van der Waals surface area contributed by atoms with E-state index in [0.717, 1.165) is 5.56 Å². The van der Waals surface area contributed by atoms with E-state index in [2.05, 4.69) is 10.2 Å². The minimum atomic E-state index is -3.43. The molecule has 1 aromatic heterocycles. The van der Waals surface area contributed by atoms with Gasteiger partial charge in [0.15, 0.2) is 9.84 Å². The summed E-state index contributed by atoms with van der Waals surface area (Å²) in [6.07, 6.45) is 1.56. The molecule has 6 nitrogen and oxygen atoms in total. The van der Waals surface area contributed by atoms with Crippen LogP contribution in [0.1, 0.15) is 0 Å². The molecule has 0 atom stereocenters. The summed E-state index contributed by atoms with van der Waals surface area (Å²) in [7, 11) is -1.85. The average molecular weight is 388 g/mol. The van der Waals surface area contributed by atoms with Crippen LogP contribution in [0.15, 0.2) is 80.6 Å². The fourth-order valence-corrected chi connectivity index (χ4v) is 3.85. The lowest BCUT2D eigenvalue weighted by molar-refractivity contribution is 0.414. The zero-order chi connectivity index (χ0) is 18.4. The van der Waals surface area contributed by atoms with Crippen molar-refractivity contribution in [3.63, 3.8) is 0 Å². The van der Waals surface area contributed by atoms with Crippen molar-refractivity contribution in [3.8, 4) is 17.2 Å². The van der Waals surface area contributed by atoms with Gasteiger partial charge in [-0.15, -0.1) is 10.2 Å². The molecule has 0 fully saturated rings. The smallest absolute Gasteiger partial charge is 0.277 e. The van der Waals surface area contributed by atoms with E-state index in [-0.39, 0.29) is 4.90 Å². The van der Waals surface area contributed by atoms with Crippen molar-refractivity contribution >= 4 is 21.6 Å². The SMILES string of the molecule is COc1cccc(-c2nnc(SCC=CS(=O)(=O)c3ccccc3)o2)c1. The van der Waals surface area contributed by atoms with E-state index in [1.54, 1.807) is 49.6 Å². The Hall–Kier alpha value is -2.58. The first-order valence-electron chi connectivity index (χ1n) is 7.66. The van der Waals surface area contributed by atoms with Crippen LogP contribution in [0, 0.1) is 0 Å². The number of thioether (sulfide) groups is 1. The number of sulfone groups is 1. The predicted molar refractivity (Wildman–Crippen MR) is 99.8 cm³/mol. The zero-order valence-electron chi connectivity index (χ0n) is 13.9. The Morgan fingerprint density at radius 2 is 1.92 bits per heavy atom. The van der Waals surface area contributed by atoms with E-state index in [9.17, 15) is 8.42 Å². The molecule has 0 saturated carbocycles. The third-order valence-corrected chi connectivity index (χ3v) is 5.62. The predicted octanol–water partition coefficient (Wildman–Crippen LogP) is 3.82. The highest BCUT2D eigenvalue weighted by atomic mass is 32.2. The second-order valence-corrected chi connectivity index (χ2v) is 7.95. The largest absolute Gasteiger partial charge is 0.497 e. The molecule has 0 radical (unpaired) electrons. The van der Waals surface area contributed by atoms with Gasteiger partial charge in [0.05, 0.1) is 12.0 Å². The standard InChI is InChI=1S/C18H16N2O4S2/c1-23-15-8-5-7-14(13-15)17-19-20-18(24-17)25-11-6-12-26(21,22)16-9-3-2-4-10-16/h2-10,12-13H,11H2,1H3. The molecule has 134 valence electrons. The molecule has 0 saturated heterocycles. The number of hydrogen-bond donors (Lipinski definition) is 0. The third kappa shape index (κ3) is 4.53. The Balaban J connectivity index is 1.62. The molecule has 2 aromatic carbocycles. The summed E-state index contributed by atoms with van der Waals surface area (Å²) in [6, 6.07) is 15.6. The van der Waals surface area contributed by atoms with Crippen LogP contribution in [0.5, 0.6) is 5.75 Å². The normalized spacial score (nSPS) is 11.7. The van der Waals surface area contributed by atoms with Crippen LogP contribution in [-0.2, 0) is 9.84 Å². The first-order valence-corrected chi connectivity index (χ1v) is 10.2. The summed E-state index contributed by atoms with van der Waals surface area (Å²) in [6.45, 7) is 0. The maximum atomic E-state index is 12.1. The highest BCUT2D eigenvalue weighted by Crippen LogP contribution is 2.26. The van der Waals surface area contributed by atoms with Crippen molar-refractivity contribution in [3.05, 3.63) is 66.1 Å². The first kappa shape index (κ1) is 18.2. The van der Waals surface area contributed by atoms with Gasteiger partial charge in [0.1, 0.15) is 5.75 Å². The van der Waals surface area contributed by atoms with Gasteiger partial charge in [0.25, 0.3) is 5.22 Å². The zero-order valence-corrected chi connectivity index (χ0v) is 15.5. The Morgan fingerprint density at radius 1 is 1.12 bits per heavy atom. The molecule has 0 unspecified atom stereocenters. The molecule has 0 spiro atoms. The summed E-state index contributed by atoms with van der Waals surface area (Å²) in [5, 5.41) is 9.52. The fourth-order valence-electron chi connectivity index (χ4n) is 2.11. The van der Waals surface area contributed by atoms with Gasteiger partial charge < -0.3 is 9.15 Å². The number of benzene rings is 2. The fraction of sp³-hybridized carbons (Fsp3) is 0.111. The number of hydrogen-bond acceptors (Lipinski definition) is 7. The summed E-state index contributed by atoms with van der Waals surface area (Å²) < 4.78 is 35.0. The quantitative estimate of drug-likeness (QED) is 0.569. The summed E-state index contributed by atoms with van der Waals surface area (Å²) in [5.41, 5.74) is 0.755. The van der Waals surface area contributed by atoms with Crippen LogP contribution in [0.2, 0.25) is 0 Å². The van der Waals surface area contributed by atoms with Gasteiger partial charge in [-0.1, -0.05) is 42.1 Å². The monoisotopic (exact) mass is 388 g/mol. The summed E-state index contributed by atoms with van der Waals surface area (Å²) in [4.78, 5) is 0.263. The van der Waals surface area contributed by atoms with Gasteiger partial charge >= 0.3 is 0 Å². The molecule has 0 bridgehead atoms. The number of aromatic nitrogens is 2. The van der Waals surface area contributed by atoms with Crippen molar-refractivity contribution in [2.24, 2.45) is 0 Å².